The van der Waals surface area contributed by atoms with Crippen LogP contribution >= 0.6 is 0 Å². The smallest absolute Gasteiger partial charge is 0.255 e. The maximum absolute atomic E-state index is 12.8. The lowest BCUT2D eigenvalue weighted by Gasteiger charge is -2.29. The average molecular weight is 425 g/mol. The van der Waals surface area contributed by atoms with Gasteiger partial charge in [0, 0.05) is 31.7 Å². The highest BCUT2D eigenvalue weighted by molar-refractivity contribution is 6.05. The molecule has 2 aromatic rings. The summed E-state index contributed by atoms with van der Waals surface area (Å²) in [7, 11) is 0. The molecule has 0 spiro atoms. The van der Waals surface area contributed by atoms with Crippen LogP contribution in [0.3, 0.4) is 0 Å². The number of benzene rings is 1. The number of nitrogens with one attached hydrogen (secondary N) is 1. The largest absolute Gasteiger partial charge is 0.381 e. The molecule has 162 valence electrons. The van der Waals surface area contributed by atoms with Gasteiger partial charge in [-0.1, -0.05) is 5.21 Å². The normalized spacial score (nSPS) is 22.0. The lowest BCUT2D eigenvalue weighted by atomic mass is 10.0. The molecule has 4 heterocycles. The van der Waals surface area contributed by atoms with Gasteiger partial charge in [-0.2, -0.15) is 0 Å². The Labute approximate surface area is 178 Å². The molecule has 3 aliphatic rings. The van der Waals surface area contributed by atoms with E-state index in [1.54, 1.807) is 10.7 Å². The zero-order valence-corrected chi connectivity index (χ0v) is 17.0. The standard InChI is InChI=1S/C21H23N5O5/c27-19-4-3-18(20(28)22-19)25-10-13-9-15(1-2-17(13)21(25)29)26-11-14(23-24-26)12-31-16-5-7-30-8-6-16/h1-2,9,11,16,18H,3-8,10,12H2,(H,22,27,28). The topological polar surface area (TPSA) is 116 Å². The number of amides is 3. The summed E-state index contributed by atoms with van der Waals surface area (Å²) in [6, 6.07) is 4.82. The summed E-state index contributed by atoms with van der Waals surface area (Å²) in [4.78, 5) is 37.9. The quantitative estimate of drug-likeness (QED) is 0.702. The minimum atomic E-state index is -0.624. The third-order valence-electron chi connectivity index (χ3n) is 5.95. The Morgan fingerprint density at radius 1 is 1.16 bits per heavy atom. The summed E-state index contributed by atoms with van der Waals surface area (Å²) in [6.07, 6.45) is 4.35. The Morgan fingerprint density at radius 3 is 2.81 bits per heavy atom. The van der Waals surface area contributed by atoms with Gasteiger partial charge in [0.15, 0.2) is 0 Å². The second-order valence-corrected chi connectivity index (χ2v) is 8.02. The summed E-state index contributed by atoms with van der Waals surface area (Å²) in [5.74, 6) is -0.904. The van der Waals surface area contributed by atoms with Gasteiger partial charge in [0.25, 0.3) is 5.91 Å². The monoisotopic (exact) mass is 425 g/mol. The van der Waals surface area contributed by atoms with Gasteiger partial charge in [-0.05, 0) is 43.0 Å². The highest BCUT2D eigenvalue weighted by Crippen LogP contribution is 2.29. The van der Waals surface area contributed by atoms with Crippen LogP contribution in [0.15, 0.2) is 24.4 Å². The minimum absolute atomic E-state index is 0.183. The van der Waals surface area contributed by atoms with E-state index in [-0.39, 0.29) is 24.3 Å². The number of aromatic nitrogens is 3. The maximum Gasteiger partial charge on any atom is 0.255 e. The van der Waals surface area contributed by atoms with Crippen LogP contribution in [0, 0.1) is 0 Å². The number of imide groups is 1. The molecule has 1 atom stereocenters. The van der Waals surface area contributed by atoms with E-state index in [4.69, 9.17) is 9.47 Å². The molecule has 3 aliphatic heterocycles. The van der Waals surface area contributed by atoms with Crippen LogP contribution in [0.1, 0.15) is 47.3 Å². The molecule has 0 aliphatic carbocycles. The Kier molecular flexibility index (Phi) is 5.24. The number of rotatable bonds is 5. The number of hydrogen-bond donors (Lipinski definition) is 1. The van der Waals surface area contributed by atoms with Crippen molar-refractivity contribution in [2.45, 2.75) is 51.0 Å². The van der Waals surface area contributed by atoms with Gasteiger partial charge in [0.2, 0.25) is 11.8 Å². The second kappa shape index (κ2) is 8.20. The molecule has 0 saturated carbocycles. The van der Waals surface area contributed by atoms with Gasteiger partial charge in [0.05, 0.1) is 24.6 Å². The molecule has 2 saturated heterocycles. The van der Waals surface area contributed by atoms with Crippen LogP contribution < -0.4 is 5.32 Å². The van der Waals surface area contributed by atoms with Gasteiger partial charge in [0.1, 0.15) is 11.7 Å². The maximum atomic E-state index is 12.8. The van der Waals surface area contributed by atoms with E-state index in [2.05, 4.69) is 15.6 Å². The highest BCUT2D eigenvalue weighted by Gasteiger charge is 2.39. The van der Waals surface area contributed by atoms with Crippen molar-refractivity contribution in [2.24, 2.45) is 0 Å². The van der Waals surface area contributed by atoms with Gasteiger partial charge >= 0.3 is 0 Å². The molecule has 10 nitrogen and oxygen atoms in total. The van der Waals surface area contributed by atoms with Gasteiger partial charge in [-0.3, -0.25) is 19.7 Å². The first-order valence-electron chi connectivity index (χ1n) is 10.5. The molecule has 31 heavy (non-hydrogen) atoms. The van der Waals surface area contributed by atoms with Crippen molar-refractivity contribution in [3.63, 3.8) is 0 Å². The van der Waals surface area contributed by atoms with Crippen molar-refractivity contribution < 1.29 is 23.9 Å². The summed E-state index contributed by atoms with van der Waals surface area (Å²) in [5.41, 5.74) is 2.90. The van der Waals surface area contributed by atoms with Gasteiger partial charge in [-0.15, -0.1) is 5.10 Å². The molecular weight excluding hydrogens is 402 g/mol. The van der Waals surface area contributed by atoms with Crippen LogP contribution in [0.5, 0.6) is 0 Å². The summed E-state index contributed by atoms with van der Waals surface area (Å²) < 4.78 is 12.9. The minimum Gasteiger partial charge on any atom is -0.381 e. The van der Waals surface area contributed by atoms with Crippen LogP contribution in [-0.2, 0) is 32.2 Å². The average Bonchev–Trinajstić information content (AvgIpc) is 3.38. The van der Waals surface area contributed by atoms with Crippen LogP contribution in [0.25, 0.3) is 5.69 Å². The number of piperidine rings is 1. The predicted molar refractivity (Wildman–Crippen MR) is 106 cm³/mol. The van der Waals surface area contributed by atoms with Crippen LogP contribution in [0.2, 0.25) is 0 Å². The first kappa shape index (κ1) is 19.8. The molecule has 10 heteroatoms. The fourth-order valence-corrected chi connectivity index (χ4v) is 4.24. The third-order valence-corrected chi connectivity index (χ3v) is 5.95. The molecular formula is C21H23N5O5. The SMILES string of the molecule is O=C1CCC(N2Cc3cc(-n4cc(COC5CCOCC5)nn4)ccc3C2=O)C(=O)N1. The number of carbonyl (C=O) groups excluding carboxylic acids is 3. The first-order chi connectivity index (χ1) is 15.1. The number of nitrogens with zero attached hydrogens (tertiary/aromatic N) is 4. The fraction of sp³-hybridized carbons (Fsp3) is 0.476. The zero-order chi connectivity index (χ0) is 21.4. The molecule has 2 fully saturated rings. The van der Waals surface area contributed by atoms with E-state index in [0.717, 1.165) is 43.0 Å². The van der Waals surface area contributed by atoms with E-state index in [9.17, 15) is 14.4 Å². The van der Waals surface area contributed by atoms with Crippen molar-refractivity contribution in [3.8, 4) is 5.69 Å². The summed E-state index contributed by atoms with van der Waals surface area (Å²) >= 11 is 0. The van der Waals surface area contributed by atoms with E-state index >= 15 is 0 Å². The summed E-state index contributed by atoms with van der Waals surface area (Å²) in [5, 5.41) is 10.7. The first-order valence-corrected chi connectivity index (χ1v) is 10.5. The van der Waals surface area contributed by atoms with Crippen molar-refractivity contribution in [1.82, 2.24) is 25.2 Å². The van der Waals surface area contributed by atoms with E-state index in [1.165, 1.54) is 4.90 Å². The van der Waals surface area contributed by atoms with E-state index in [0.29, 0.717) is 25.1 Å². The lowest BCUT2D eigenvalue weighted by Crippen LogP contribution is -2.52. The second-order valence-electron chi connectivity index (χ2n) is 8.02. The van der Waals surface area contributed by atoms with Gasteiger partial charge in [-0.25, -0.2) is 4.68 Å². The molecule has 1 unspecified atom stereocenters. The molecule has 0 radical (unpaired) electrons. The number of hydrogen-bond acceptors (Lipinski definition) is 7. The van der Waals surface area contributed by atoms with Crippen LogP contribution in [0.4, 0.5) is 0 Å². The predicted octanol–water partition coefficient (Wildman–Crippen LogP) is 0.724. The number of fused-ring (bicyclic) bond motifs is 1. The Morgan fingerprint density at radius 2 is 2.00 bits per heavy atom. The Hall–Kier alpha value is -3.11. The third kappa shape index (κ3) is 3.96. The molecule has 3 amide bonds. The van der Waals surface area contributed by atoms with Crippen LogP contribution in [-0.4, -0.2) is 63.0 Å². The molecule has 1 N–H and O–H groups in total. The number of carbonyl (C=O) groups is 3. The summed E-state index contributed by atoms with van der Waals surface area (Å²) in [6.45, 7) is 2.15. The molecule has 5 rings (SSSR count). The molecule has 0 bridgehead atoms. The van der Waals surface area contributed by atoms with Crippen molar-refractivity contribution in [1.29, 1.82) is 0 Å². The highest BCUT2D eigenvalue weighted by atomic mass is 16.5. The molecule has 1 aromatic heterocycles. The molecule has 1 aromatic carbocycles. The van der Waals surface area contributed by atoms with E-state index < -0.39 is 11.9 Å². The van der Waals surface area contributed by atoms with Crippen molar-refractivity contribution in [2.75, 3.05) is 13.2 Å². The Bertz CT molecular complexity index is 1030. The lowest BCUT2D eigenvalue weighted by molar-refractivity contribution is -0.136. The van der Waals surface area contributed by atoms with Crippen molar-refractivity contribution >= 4 is 17.7 Å². The fourth-order valence-electron chi connectivity index (χ4n) is 4.24. The van der Waals surface area contributed by atoms with Crippen molar-refractivity contribution in [3.05, 3.63) is 41.2 Å². The number of ether oxygens (including phenoxy) is 2. The zero-order valence-electron chi connectivity index (χ0n) is 17.0. The van der Waals surface area contributed by atoms with E-state index in [1.807, 2.05) is 18.3 Å². The Balaban J connectivity index is 1.27. The van der Waals surface area contributed by atoms with Gasteiger partial charge < -0.3 is 14.4 Å².